The number of alkyl halides is 3. The molecule has 0 saturated carbocycles. The Balaban J connectivity index is 1.80. The first-order valence-corrected chi connectivity index (χ1v) is 10.1. The summed E-state index contributed by atoms with van der Waals surface area (Å²) in [6.45, 7) is 5.35. The summed E-state index contributed by atoms with van der Waals surface area (Å²) in [5.74, 6) is -0.926. The third-order valence-electron chi connectivity index (χ3n) is 4.82. The summed E-state index contributed by atoms with van der Waals surface area (Å²) in [7, 11) is 1.65. The highest BCUT2D eigenvalue weighted by Gasteiger charge is 2.31. The number of amides is 2. The van der Waals surface area contributed by atoms with E-state index in [0.717, 1.165) is 12.1 Å². The van der Waals surface area contributed by atoms with Crippen molar-refractivity contribution < 1.29 is 27.5 Å². The van der Waals surface area contributed by atoms with Crippen LogP contribution >= 0.6 is 0 Å². The van der Waals surface area contributed by atoms with Crippen molar-refractivity contribution in [2.24, 2.45) is 0 Å². The molecule has 180 valence electrons. The zero-order chi connectivity index (χ0) is 25.0. The van der Waals surface area contributed by atoms with Crippen LogP contribution in [-0.4, -0.2) is 60.9 Å². The highest BCUT2D eigenvalue weighted by Crippen LogP contribution is 2.24. The first-order valence-electron chi connectivity index (χ1n) is 10.1. The second-order valence-corrected chi connectivity index (χ2v) is 7.57. The Morgan fingerprint density at radius 3 is 2.50 bits per heavy atom. The van der Waals surface area contributed by atoms with Crippen molar-refractivity contribution in [1.29, 1.82) is 0 Å². The van der Waals surface area contributed by atoms with E-state index in [1.165, 1.54) is 40.4 Å². The summed E-state index contributed by atoms with van der Waals surface area (Å²) in [6.07, 6.45) is -2.40. The lowest BCUT2D eigenvalue weighted by atomic mass is 10.2. The molecule has 34 heavy (non-hydrogen) atoms. The number of carbonyl (C=O) groups excluding carboxylic acids is 2. The predicted octanol–water partition coefficient (Wildman–Crippen LogP) is 2.93. The molecule has 0 aliphatic rings. The molecule has 1 N–H and O–H groups in total. The fraction of sp³-hybridized carbons (Fsp3) is 0.333. The second-order valence-electron chi connectivity index (χ2n) is 7.57. The van der Waals surface area contributed by atoms with E-state index >= 15 is 0 Å². The van der Waals surface area contributed by atoms with E-state index in [9.17, 15) is 22.8 Å². The minimum Gasteiger partial charge on any atom is -0.406 e. The van der Waals surface area contributed by atoms with Crippen LogP contribution in [0.2, 0.25) is 0 Å². The Morgan fingerprint density at radius 1 is 1.09 bits per heavy atom. The summed E-state index contributed by atoms with van der Waals surface area (Å²) in [5.41, 5.74) is 0.118. The third kappa shape index (κ3) is 5.85. The molecule has 0 aliphatic carbocycles. The van der Waals surface area contributed by atoms with Gasteiger partial charge >= 0.3 is 6.36 Å². The Hall–Kier alpha value is -4.03. The van der Waals surface area contributed by atoms with Gasteiger partial charge in [-0.2, -0.15) is 9.78 Å². The molecule has 2 aromatic heterocycles. The zero-order valence-corrected chi connectivity index (χ0v) is 18.7. The van der Waals surface area contributed by atoms with E-state index in [0.29, 0.717) is 0 Å². The fourth-order valence-electron chi connectivity index (χ4n) is 2.90. The average molecular weight is 477 g/mol. The molecule has 2 amide bonds. The molecule has 3 rings (SSSR count). The van der Waals surface area contributed by atoms with Gasteiger partial charge in [-0.25, -0.2) is 15.0 Å². The summed E-state index contributed by atoms with van der Waals surface area (Å²) in [6, 6.07) is 5.40. The molecule has 1 atom stereocenters. The summed E-state index contributed by atoms with van der Waals surface area (Å²) in [4.78, 5) is 39.0. The van der Waals surface area contributed by atoms with Crippen LogP contribution in [0.25, 0.3) is 5.82 Å². The number of ether oxygens (including phenoxy) is 1. The Labute approximate surface area is 192 Å². The van der Waals surface area contributed by atoms with Crippen molar-refractivity contribution in [3.05, 3.63) is 60.1 Å². The third-order valence-corrected chi connectivity index (χ3v) is 4.82. The van der Waals surface area contributed by atoms with Crippen molar-refractivity contribution >= 4 is 11.8 Å². The largest absolute Gasteiger partial charge is 0.573 e. The van der Waals surface area contributed by atoms with Gasteiger partial charge in [0, 0.05) is 24.7 Å². The van der Waals surface area contributed by atoms with Gasteiger partial charge in [0.2, 0.25) is 0 Å². The number of nitrogens with one attached hydrogen (secondary N) is 1. The fourth-order valence-corrected chi connectivity index (χ4v) is 2.90. The molecule has 3 aromatic rings. The molecular weight excluding hydrogens is 455 g/mol. The Morgan fingerprint density at radius 2 is 1.82 bits per heavy atom. The first-order chi connectivity index (χ1) is 16.0. The van der Waals surface area contributed by atoms with Gasteiger partial charge in [-0.05, 0) is 39.0 Å². The van der Waals surface area contributed by atoms with Crippen molar-refractivity contribution in [3.8, 4) is 11.6 Å². The van der Waals surface area contributed by atoms with Crippen LogP contribution in [0.1, 0.15) is 53.5 Å². The highest BCUT2D eigenvalue weighted by atomic mass is 19.4. The lowest BCUT2D eigenvalue weighted by Gasteiger charge is -2.21. The van der Waals surface area contributed by atoms with Crippen molar-refractivity contribution in [1.82, 2.24) is 34.9 Å². The van der Waals surface area contributed by atoms with Gasteiger partial charge in [0.1, 0.15) is 24.1 Å². The molecule has 0 radical (unpaired) electrons. The predicted molar refractivity (Wildman–Crippen MR) is 113 cm³/mol. The summed E-state index contributed by atoms with van der Waals surface area (Å²) >= 11 is 0. The van der Waals surface area contributed by atoms with Crippen molar-refractivity contribution in [3.63, 3.8) is 0 Å². The summed E-state index contributed by atoms with van der Waals surface area (Å²) < 4.78 is 42.6. The van der Waals surface area contributed by atoms with Crippen LogP contribution in [0.15, 0.2) is 43.0 Å². The number of carbonyl (C=O) groups is 2. The number of halogens is 3. The zero-order valence-electron chi connectivity index (χ0n) is 18.7. The number of rotatable bonds is 7. The van der Waals surface area contributed by atoms with Crippen LogP contribution in [0.3, 0.4) is 0 Å². The topological polar surface area (TPSA) is 115 Å². The lowest BCUT2D eigenvalue weighted by Crippen LogP contribution is -2.33. The molecule has 13 heteroatoms. The molecule has 0 spiro atoms. The maximum atomic E-state index is 12.6. The van der Waals surface area contributed by atoms with Crippen LogP contribution in [0.4, 0.5) is 13.2 Å². The molecular formula is C21H22F3N7O3. The number of benzene rings is 1. The van der Waals surface area contributed by atoms with E-state index < -0.39 is 24.1 Å². The molecule has 0 saturated heterocycles. The van der Waals surface area contributed by atoms with Crippen LogP contribution in [0.5, 0.6) is 5.75 Å². The SMILES string of the molecule is CC(C)N(C)C(=O)c1cc(-n2ncnc2[C@H](C)NC(=O)c2cccc(OC(F)(F)F)c2)ncn1. The number of hydrogen-bond acceptors (Lipinski definition) is 7. The van der Waals surface area contributed by atoms with Crippen LogP contribution in [0, 0.1) is 0 Å². The molecule has 10 nitrogen and oxygen atoms in total. The number of aromatic nitrogens is 5. The van der Waals surface area contributed by atoms with Gasteiger partial charge < -0.3 is 15.0 Å². The smallest absolute Gasteiger partial charge is 0.406 e. The number of hydrogen-bond donors (Lipinski definition) is 1. The van der Waals surface area contributed by atoms with Gasteiger partial charge in [0.05, 0.1) is 6.04 Å². The maximum Gasteiger partial charge on any atom is 0.573 e. The van der Waals surface area contributed by atoms with E-state index in [4.69, 9.17) is 0 Å². The van der Waals surface area contributed by atoms with E-state index in [1.807, 2.05) is 13.8 Å². The molecule has 0 bridgehead atoms. The van der Waals surface area contributed by atoms with Gasteiger partial charge in [-0.1, -0.05) is 6.07 Å². The monoisotopic (exact) mass is 477 g/mol. The standard InChI is InChI=1S/C21H22F3N7O3/c1-12(2)30(4)20(33)16-9-17(26-10-25-16)31-18(27-11-28-31)13(3)29-19(32)14-6-5-7-15(8-14)34-21(22,23)24/h5-13H,1-4H3,(H,29,32)/t13-/m0/s1. The van der Waals surface area contributed by atoms with Gasteiger partial charge in [0.15, 0.2) is 11.6 Å². The van der Waals surface area contributed by atoms with E-state index in [1.54, 1.807) is 14.0 Å². The van der Waals surface area contributed by atoms with E-state index in [2.05, 4.69) is 30.1 Å². The van der Waals surface area contributed by atoms with Crippen LogP contribution < -0.4 is 10.1 Å². The Bertz CT molecular complexity index is 1180. The highest BCUT2D eigenvalue weighted by molar-refractivity contribution is 5.94. The van der Waals surface area contributed by atoms with E-state index in [-0.39, 0.29) is 34.8 Å². The quantitative estimate of drug-likeness (QED) is 0.556. The summed E-state index contributed by atoms with van der Waals surface area (Å²) in [5, 5.41) is 6.77. The Kier molecular flexibility index (Phi) is 7.13. The number of nitrogens with zero attached hydrogens (tertiary/aromatic N) is 6. The molecule has 0 fully saturated rings. The van der Waals surface area contributed by atoms with Crippen molar-refractivity contribution in [2.75, 3.05) is 7.05 Å². The lowest BCUT2D eigenvalue weighted by molar-refractivity contribution is -0.274. The van der Waals surface area contributed by atoms with Gasteiger partial charge in [0.25, 0.3) is 11.8 Å². The maximum absolute atomic E-state index is 12.6. The van der Waals surface area contributed by atoms with Crippen molar-refractivity contribution in [2.45, 2.75) is 39.2 Å². The normalized spacial score (nSPS) is 12.4. The van der Waals surface area contributed by atoms with Gasteiger partial charge in [-0.15, -0.1) is 13.2 Å². The second kappa shape index (κ2) is 9.85. The minimum atomic E-state index is -4.87. The molecule has 1 aromatic carbocycles. The minimum absolute atomic E-state index is 0.0358. The first kappa shape index (κ1) is 24.6. The molecule has 0 unspecified atom stereocenters. The average Bonchev–Trinajstić information content (AvgIpc) is 3.27. The molecule has 0 aliphatic heterocycles. The van der Waals surface area contributed by atoms with Crippen LogP contribution in [-0.2, 0) is 0 Å². The molecule has 2 heterocycles. The van der Waals surface area contributed by atoms with Gasteiger partial charge in [-0.3, -0.25) is 9.59 Å².